The highest BCUT2D eigenvalue weighted by Crippen LogP contribution is 2.47. The zero-order chi connectivity index (χ0) is 31.2. The highest BCUT2D eigenvalue weighted by Gasteiger charge is 2.49. The van der Waals surface area contributed by atoms with Gasteiger partial charge in [-0.05, 0) is 30.7 Å². The molecule has 9 nitrogen and oxygen atoms in total. The molecule has 0 atom stereocenters. The number of benzene rings is 2. The Bertz CT molecular complexity index is 1630. The van der Waals surface area contributed by atoms with Gasteiger partial charge in [-0.3, -0.25) is 4.90 Å². The van der Waals surface area contributed by atoms with Gasteiger partial charge in [-0.1, -0.05) is 24.3 Å². The van der Waals surface area contributed by atoms with Crippen molar-refractivity contribution in [2.75, 3.05) is 75.4 Å². The van der Waals surface area contributed by atoms with Crippen LogP contribution in [-0.2, 0) is 22.5 Å². The van der Waals surface area contributed by atoms with Crippen molar-refractivity contribution in [2.45, 2.75) is 32.0 Å². The van der Waals surface area contributed by atoms with Crippen molar-refractivity contribution in [3.63, 3.8) is 0 Å². The number of halogens is 3. The van der Waals surface area contributed by atoms with Gasteiger partial charge in [0.2, 0.25) is 5.88 Å². The van der Waals surface area contributed by atoms with E-state index in [0.29, 0.717) is 32.0 Å². The van der Waals surface area contributed by atoms with Crippen molar-refractivity contribution in [1.29, 1.82) is 0 Å². The molecule has 2 fully saturated rings. The van der Waals surface area contributed by atoms with E-state index in [1.807, 2.05) is 35.2 Å². The lowest BCUT2D eigenvalue weighted by atomic mass is 9.99. The van der Waals surface area contributed by atoms with Crippen LogP contribution in [-0.4, -0.2) is 103 Å². The van der Waals surface area contributed by atoms with Crippen LogP contribution in [0.15, 0.2) is 42.5 Å². The van der Waals surface area contributed by atoms with E-state index >= 15 is 0 Å². The third-order valence-electron chi connectivity index (χ3n) is 9.42. The fourth-order valence-corrected chi connectivity index (χ4v) is 6.75. The maximum absolute atomic E-state index is 13.1. The van der Waals surface area contributed by atoms with Gasteiger partial charge in [0.25, 0.3) is 0 Å². The predicted octanol–water partition coefficient (Wildman–Crippen LogP) is 3.99. The maximum Gasteiger partial charge on any atom is 0.521 e. The summed E-state index contributed by atoms with van der Waals surface area (Å²) in [6.45, 7) is 6.35. The van der Waals surface area contributed by atoms with Crippen LogP contribution in [0.3, 0.4) is 0 Å². The SMILES string of the molecule is O=C([N+]1=CCN(c2cc(OCC3(CN4CCOCC4)CC3)nc3c2CCN(c2cc(O)cc4ccccc24)C3)CC1)C(F)(F)F. The van der Waals surface area contributed by atoms with E-state index in [1.54, 1.807) is 12.1 Å². The van der Waals surface area contributed by atoms with Crippen LogP contribution >= 0.6 is 0 Å². The van der Waals surface area contributed by atoms with Crippen molar-refractivity contribution in [3.8, 4) is 11.6 Å². The smallest absolute Gasteiger partial charge is 0.508 e. The summed E-state index contributed by atoms with van der Waals surface area (Å²) in [6, 6.07) is 13.4. The van der Waals surface area contributed by atoms with Crippen molar-refractivity contribution >= 4 is 34.3 Å². The highest BCUT2D eigenvalue weighted by molar-refractivity contribution is 5.95. The topological polar surface area (TPSA) is 81.4 Å². The first kappa shape index (κ1) is 29.8. The molecule has 3 aromatic rings. The second-order valence-corrected chi connectivity index (χ2v) is 12.6. The Kier molecular flexibility index (Phi) is 7.81. The monoisotopic (exact) mass is 624 g/mol. The summed E-state index contributed by atoms with van der Waals surface area (Å²) in [5.41, 5.74) is 3.75. The van der Waals surface area contributed by atoms with Crippen molar-refractivity contribution < 1.29 is 37.1 Å². The first-order valence-corrected chi connectivity index (χ1v) is 15.6. The molecule has 1 aromatic heterocycles. The molecule has 0 spiro atoms. The van der Waals surface area contributed by atoms with Gasteiger partial charge in [-0.25, -0.2) is 9.78 Å². The number of nitrogens with zero attached hydrogens (tertiary/aromatic N) is 5. The molecule has 1 saturated carbocycles. The molecule has 4 heterocycles. The standard InChI is InChI=1S/C33H36F3N5O4/c34-33(35,36)31(43)40-11-9-39(10-12-40)29-19-30(45-22-32(6-7-32)21-38-13-15-44-16-14-38)37-27-20-41(8-5-26(27)29)28-18-24(42)17-23-3-1-2-4-25(23)28/h1-4,11,17-19H,5-10,12-16,20-22H2/p+1. The van der Waals surface area contributed by atoms with Crippen LogP contribution in [0.1, 0.15) is 24.1 Å². The molecule has 3 aliphatic heterocycles. The molecule has 1 N–H and O–H groups in total. The number of carbonyl (C=O) groups is 1. The average molecular weight is 625 g/mol. The number of morpholine rings is 1. The number of carbonyl (C=O) groups excluding carboxylic acids is 1. The minimum atomic E-state index is -4.91. The Morgan fingerprint density at radius 1 is 1.04 bits per heavy atom. The number of rotatable bonds is 7. The molecular weight excluding hydrogens is 587 g/mol. The average Bonchev–Trinajstić information content (AvgIpc) is 3.81. The zero-order valence-corrected chi connectivity index (χ0v) is 25.1. The quantitative estimate of drug-likeness (QED) is 0.396. The Morgan fingerprint density at radius 2 is 1.84 bits per heavy atom. The third kappa shape index (κ3) is 6.30. The molecule has 0 bridgehead atoms. The molecule has 1 amide bonds. The van der Waals surface area contributed by atoms with E-state index < -0.39 is 12.1 Å². The summed E-state index contributed by atoms with van der Waals surface area (Å²) >= 11 is 0. The molecular formula is C33H37F3N5O4+. The van der Waals surface area contributed by atoms with Crippen LogP contribution in [0, 0.1) is 5.41 Å². The molecule has 4 aliphatic rings. The molecule has 1 saturated heterocycles. The fraction of sp³-hybridized carbons (Fsp3) is 0.485. The summed E-state index contributed by atoms with van der Waals surface area (Å²) in [7, 11) is 0. The molecule has 45 heavy (non-hydrogen) atoms. The molecule has 0 unspecified atom stereocenters. The van der Waals surface area contributed by atoms with Gasteiger partial charge >= 0.3 is 12.1 Å². The molecule has 238 valence electrons. The van der Waals surface area contributed by atoms with E-state index in [-0.39, 0.29) is 30.8 Å². The van der Waals surface area contributed by atoms with E-state index in [2.05, 4.69) is 9.80 Å². The normalized spacial score (nSPS) is 20.1. The van der Waals surface area contributed by atoms with Gasteiger partial charge in [0.05, 0.1) is 45.1 Å². The summed E-state index contributed by atoms with van der Waals surface area (Å²) < 4.78 is 52.0. The lowest BCUT2D eigenvalue weighted by Crippen LogP contribution is -2.46. The van der Waals surface area contributed by atoms with E-state index in [0.717, 1.165) is 83.7 Å². The number of phenolic OH excluding ortho intramolecular Hbond substituents is 1. The van der Waals surface area contributed by atoms with Crippen LogP contribution in [0.25, 0.3) is 10.8 Å². The number of amides is 1. The lowest BCUT2D eigenvalue weighted by molar-refractivity contribution is -0.465. The molecule has 2 aromatic carbocycles. The van der Waals surface area contributed by atoms with Crippen LogP contribution in [0.2, 0.25) is 0 Å². The fourth-order valence-electron chi connectivity index (χ4n) is 6.75. The van der Waals surface area contributed by atoms with Gasteiger partial charge in [-0.15, -0.1) is 0 Å². The van der Waals surface area contributed by atoms with Crippen LogP contribution in [0.4, 0.5) is 24.5 Å². The number of aromatic hydroxyl groups is 1. The van der Waals surface area contributed by atoms with E-state index in [1.165, 1.54) is 6.21 Å². The number of alkyl halides is 3. The van der Waals surface area contributed by atoms with E-state index in [9.17, 15) is 23.1 Å². The Labute approximate surface area is 259 Å². The van der Waals surface area contributed by atoms with Crippen LogP contribution in [0.5, 0.6) is 11.6 Å². The first-order chi connectivity index (χ1) is 21.7. The predicted molar refractivity (Wildman–Crippen MR) is 163 cm³/mol. The third-order valence-corrected chi connectivity index (χ3v) is 9.42. The van der Waals surface area contributed by atoms with E-state index in [4.69, 9.17) is 14.5 Å². The second kappa shape index (κ2) is 11.8. The molecule has 7 rings (SSSR count). The summed E-state index contributed by atoms with van der Waals surface area (Å²) in [5, 5.41) is 12.5. The second-order valence-electron chi connectivity index (χ2n) is 12.6. The Hall–Kier alpha value is -3.90. The van der Waals surface area contributed by atoms with Gasteiger partial charge in [0.15, 0.2) is 12.8 Å². The number of phenols is 1. The van der Waals surface area contributed by atoms with Gasteiger partial charge in [0, 0.05) is 66.1 Å². The van der Waals surface area contributed by atoms with Crippen molar-refractivity contribution in [2.24, 2.45) is 5.41 Å². The van der Waals surface area contributed by atoms with Gasteiger partial charge < -0.3 is 24.4 Å². The minimum Gasteiger partial charge on any atom is -0.508 e. The maximum atomic E-state index is 13.1. The van der Waals surface area contributed by atoms with Crippen molar-refractivity contribution in [3.05, 3.63) is 53.7 Å². The summed E-state index contributed by atoms with van der Waals surface area (Å²) in [4.78, 5) is 23.5. The molecule has 1 aliphatic carbocycles. The number of anilines is 2. The Morgan fingerprint density at radius 3 is 2.58 bits per heavy atom. The van der Waals surface area contributed by atoms with Crippen molar-refractivity contribution in [1.82, 2.24) is 9.88 Å². The Balaban J connectivity index is 1.17. The number of hydrogen-bond acceptors (Lipinski definition) is 8. The number of fused-ring (bicyclic) bond motifs is 2. The van der Waals surface area contributed by atoms with Crippen LogP contribution < -0.4 is 14.5 Å². The number of pyridine rings is 1. The summed E-state index contributed by atoms with van der Waals surface area (Å²) in [6.07, 6.45) is -0.753. The molecule has 12 heteroatoms. The van der Waals surface area contributed by atoms with Gasteiger partial charge in [0.1, 0.15) is 5.75 Å². The van der Waals surface area contributed by atoms with Gasteiger partial charge in [-0.2, -0.15) is 17.7 Å². The largest absolute Gasteiger partial charge is 0.521 e. The summed E-state index contributed by atoms with van der Waals surface area (Å²) in [5.74, 6) is -1.16. The highest BCUT2D eigenvalue weighted by atomic mass is 19.4. The number of aromatic nitrogens is 1. The lowest BCUT2D eigenvalue weighted by Gasteiger charge is -2.35. The minimum absolute atomic E-state index is 0.0598. The first-order valence-electron chi connectivity index (χ1n) is 15.6. The zero-order valence-electron chi connectivity index (χ0n) is 25.1. The molecule has 0 radical (unpaired) electrons. The number of hydrogen-bond donors (Lipinski definition) is 1. The number of ether oxygens (including phenoxy) is 2.